The summed E-state index contributed by atoms with van der Waals surface area (Å²) in [6.07, 6.45) is 2.91. The predicted molar refractivity (Wildman–Crippen MR) is 92.2 cm³/mol. The summed E-state index contributed by atoms with van der Waals surface area (Å²) in [6.45, 7) is 1.68. The van der Waals surface area contributed by atoms with Gasteiger partial charge < -0.3 is 4.90 Å². The number of hydrogen-bond donors (Lipinski definition) is 0. The molecule has 0 saturated heterocycles. The highest BCUT2D eigenvalue weighted by atomic mass is 32.2. The Balaban J connectivity index is 1.71. The lowest BCUT2D eigenvalue weighted by atomic mass is 10.2. The second-order valence-electron chi connectivity index (χ2n) is 5.23. The van der Waals surface area contributed by atoms with Gasteiger partial charge in [0, 0.05) is 29.1 Å². The van der Waals surface area contributed by atoms with Gasteiger partial charge in [0.05, 0.1) is 17.9 Å². The first kappa shape index (κ1) is 13.8. The van der Waals surface area contributed by atoms with Crippen molar-refractivity contribution in [1.82, 2.24) is 9.38 Å². The van der Waals surface area contributed by atoms with Gasteiger partial charge in [-0.25, -0.2) is 4.98 Å². The van der Waals surface area contributed by atoms with Crippen LogP contribution >= 0.6 is 23.1 Å². The van der Waals surface area contributed by atoms with Gasteiger partial charge in [0.25, 0.3) is 5.56 Å². The topological polar surface area (TPSA) is 37.6 Å². The van der Waals surface area contributed by atoms with E-state index in [0.29, 0.717) is 6.54 Å². The Morgan fingerprint density at radius 3 is 3.14 bits per heavy atom. The van der Waals surface area contributed by atoms with Gasteiger partial charge in [-0.15, -0.1) is 23.1 Å². The molecule has 4 nitrogen and oxygen atoms in total. The fourth-order valence-corrected chi connectivity index (χ4v) is 4.48. The van der Waals surface area contributed by atoms with Crippen molar-refractivity contribution in [3.05, 3.63) is 58.0 Å². The van der Waals surface area contributed by atoms with Crippen LogP contribution in [0.1, 0.15) is 12.1 Å². The van der Waals surface area contributed by atoms with E-state index < -0.39 is 0 Å². The van der Waals surface area contributed by atoms with Gasteiger partial charge in [0.1, 0.15) is 0 Å². The van der Waals surface area contributed by atoms with Crippen LogP contribution in [0, 0.1) is 0 Å². The monoisotopic (exact) mass is 329 g/mol. The molecule has 6 heteroatoms. The summed E-state index contributed by atoms with van der Waals surface area (Å²) in [5.74, 6) is 1.13. The number of para-hydroxylation sites is 1. The molecule has 0 atom stereocenters. The molecule has 1 aliphatic heterocycles. The van der Waals surface area contributed by atoms with Crippen molar-refractivity contribution in [2.24, 2.45) is 0 Å². The third kappa shape index (κ3) is 2.53. The number of nitrogens with zero attached hydrogens (tertiary/aromatic N) is 3. The Morgan fingerprint density at radius 2 is 2.18 bits per heavy atom. The van der Waals surface area contributed by atoms with Crippen molar-refractivity contribution in [3.8, 4) is 0 Å². The molecule has 0 fully saturated rings. The van der Waals surface area contributed by atoms with Gasteiger partial charge in [-0.1, -0.05) is 12.1 Å². The van der Waals surface area contributed by atoms with Crippen LogP contribution in [-0.4, -0.2) is 21.7 Å². The van der Waals surface area contributed by atoms with Crippen LogP contribution in [0.5, 0.6) is 0 Å². The molecule has 2 aromatic heterocycles. The molecular formula is C16H15N3OS2. The van der Waals surface area contributed by atoms with Crippen molar-refractivity contribution in [2.45, 2.75) is 17.9 Å². The Bertz CT molecular complexity index is 871. The summed E-state index contributed by atoms with van der Waals surface area (Å²) >= 11 is 3.40. The minimum Gasteiger partial charge on any atom is -0.365 e. The number of rotatable bonds is 2. The smallest absolute Gasteiger partial charge is 0.258 e. The van der Waals surface area contributed by atoms with E-state index in [2.05, 4.69) is 34.1 Å². The lowest BCUT2D eigenvalue weighted by Gasteiger charge is -2.24. The SMILES string of the molecule is O=c1cc(CN2CCCSc3ccccc32)nc2sccn12. The standard InChI is InChI=1S/C16H15N3OS2/c20-15-10-12(17-16-19(15)7-9-22-16)11-18-6-3-8-21-14-5-2-1-4-13(14)18/h1-2,4-5,7,9-10H,3,6,8,11H2. The predicted octanol–water partition coefficient (Wildman–Crippen LogP) is 3.26. The van der Waals surface area contributed by atoms with E-state index in [1.165, 1.54) is 21.9 Å². The summed E-state index contributed by atoms with van der Waals surface area (Å²) in [5, 5.41) is 1.89. The van der Waals surface area contributed by atoms with Crippen LogP contribution in [0.15, 0.2) is 51.6 Å². The average Bonchev–Trinajstić information content (AvgIpc) is 2.91. The Morgan fingerprint density at radius 1 is 1.27 bits per heavy atom. The van der Waals surface area contributed by atoms with Crippen LogP contribution < -0.4 is 10.5 Å². The summed E-state index contributed by atoms with van der Waals surface area (Å²) in [5.41, 5.74) is 2.09. The lowest BCUT2D eigenvalue weighted by Crippen LogP contribution is -2.25. The normalized spacial score (nSPS) is 14.8. The number of hydrogen-bond acceptors (Lipinski definition) is 5. The highest BCUT2D eigenvalue weighted by molar-refractivity contribution is 7.99. The maximum atomic E-state index is 12.1. The molecule has 0 radical (unpaired) electrons. The van der Waals surface area contributed by atoms with E-state index >= 15 is 0 Å². The van der Waals surface area contributed by atoms with Crippen molar-refractivity contribution < 1.29 is 0 Å². The molecule has 3 heterocycles. The summed E-state index contributed by atoms with van der Waals surface area (Å²) in [6, 6.07) is 10.1. The minimum atomic E-state index is -0.00117. The molecule has 0 amide bonds. The summed E-state index contributed by atoms with van der Waals surface area (Å²) in [4.78, 5) is 21.2. The van der Waals surface area contributed by atoms with Gasteiger partial charge in [-0.05, 0) is 24.3 Å². The molecule has 0 unspecified atom stereocenters. The number of thioether (sulfide) groups is 1. The van der Waals surface area contributed by atoms with Gasteiger partial charge in [0.15, 0.2) is 4.96 Å². The molecule has 112 valence electrons. The van der Waals surface area contributed by atoms with E-state index in [4.69, 9.17) is 0 Å². The first-order chi connectivity index (χ1) is 10.8. The van der Waals surface area contributed by atoms with E-state index in [0.717, 1.165) is 29.4 Å². The van der Waals surface area contributed by atoms with Gasteiger partial charge in [-0.2, -0.15) is 0 Å². The van der Waals surface area contributed by atoms with Crippen LogP contribution in [0.4, 0.5) is 5.69 Å². The fourth-order valence-electron chi connectivity index (χ4n) is 2.73. The molecule has 1 aliphatic rings. The van der Waals surface area contributed by atoms with Gasteiger partial charge in [-0.3, -0.25) is 9.20 Å². The molecule has 0 bridgehead atoms. The summed E-state index contributed by atoms with van der Waals surface area (Å²) in [7, 11) is 0. The molecule has 1 aromatic carbocycles. The first-order valence-corrected chi connectivity index (χ1v) is 9.10. The first-order valence-electron chi connectivity index (χ1n) is 7.24. The Labute approximate surface area is 136 Å². The van der Waals surface area contributed by atoms with Gasteiger partial charge in [0.2, 0.25) is 0 Å². The van der Waals surface area contributed by atoms with Crippen molar-refractivity contribution in [2.75, 3.05) is 17.2 Å². The number of thiazole rings is 1. The van der Waals surface area contributed by atoms with Crippen LogP contribution in [0.2, 0.25) is 0 Å². The van der Waals surface area contributed by atoms with E-state index in [1.54, 1.807) is 16.7 Å². The zero-order valence-electron chi connectivity index (χ0n) is 11.9. The van der Waals surface area contributed by atoms with Crippen LogP contribution in [-0.2, 0) is 6.54 Å². The maximum absolute atomic E-state index is 12.1. The van der Waals surface area contributed by atoms with Crippen LogP contribution in [0.3, 0.4) is 0 Å². The maximum Gasteiger partial charge on any atom is 0.258 e. The second kappa shape index (κ2) is 5.78. The zero-order valence-corrected chi connectivity index (χ0v) is 13.6. The Hall–Kier alpha value is -1.79. The van der Waals surface area contributed by atoms with Crippen molar-refractivity contribution in [1.29, 1.82) is 0 Å². The molecule has 3 aromatic rings. The molecule has 0 spiro atoms. The highest BCUT2D eigenvalue weighted by Gasteiger charge is 2.16. The van der Waals surface area contributed by atoms with Crippen molar-refractivity contribution >= 4 is 33.7 Å². The minimum absolute atomic E-state index is 0.00117. The van der Waals surface area contributed by atoms with E-state index in [9.17, 15) is 4.79 Å². The second-order valence-corrected chi connectivity index (χ2v) is 7.24. The fraction of sp³-hybridized carbons (Fsp3) is 0.250. The quantitative estimate of drug-likeness (QED) is 0.723. The van der Waals surface area contributed by atoms with Crippen LogP contribution in [0.25, 0.3) is 4.96 Å². The molecular weight excluding hydrogens is 314 g/mol. The summed E-state index contributed by atoms with van der Waals surface area (Å²) < 4.78 is 1.60. The van der Waals surface area contributed by atoms with Crippen molar-refractivity contribution in [3.63, 3.8) is 0 Å². The number of aromatic nitrogens is 2. The third-order valence-electron chi connectivity index (χ3n) is 3.74. The number of benzene rings is 1. The zero-order chi connectivity index (χ0) is 14.9. The number of fused-ring (bicyclic) bond motifs is 2. The molecule has 0 saturated carbocycles. The average molecular weight is 329 g/mol. The lowest BCUT2D eigenvalue weighted by molar-refractivity contribution is 0.756. The molecule has 0 N–H and O–H groups in total. The van der Waals surface area contributed by atoms with E-state index in [1.807, 2.05) is 17.1 Å². The number of anilines is 1. The molecule has 0 aliphatic carbocycles. The molecule has 22 heavy (non-hydrogen) atoms. The highest BCUT2D eigenvalue weighted by Crippen LogP contribution is 2.34. The largest absolute Gasteiger partial charge is 0.365 e. The van der Waals surface area contributed by atoms with Gasteiger partial charge >= 0.3 is 0 Å². The van der Waals surface area contributed by atoms with E-state index in [-0.39, 0.29) is 5.56 Å². The Kier molecular flexibility index (Phi) is 3.63. The third-order valence-corrected chi connectivity index (χ3v) is 5.65. The molecule has 4 rings (SSSR count).